The Bertz CT molecular complexity index is 1460. The summed E-state index contributed by atoms with van der Waals surface area (Å²) in [6.07, 6.45) is 1.61. The molecule has 0 aliphatic carbocycles. The second-order valence-electron chi connectivity index (χ2n) is 8.58. The van der Waals surface area contributed by atoms with Crippen LogP contribution in [-0.2, 0) is 16.1 Å². The summed E-state index contributed by atoms with van der Waals surface area (Å²) >= 11 is 12.9. The molecular formula is C28H24Cl2N2O5S. The number of imide groups is 1. The molecule has 38 heavy (non-hydrogen) atoms. The number of anilines is 1. The fraction of sp³-hybridized carbons (Fsp3) is 0.179. The number of nitrogens with one attached hydrogen (secondary N) is 1. The van der Waals surface area contributed by atoms with Gasteiger partial charge in [0.05, 0.1) is 28.6 Å². The highest BCUT2D eigenvalue weighted by Crippen LogP contribution is 2.36. The summed E-state index contributed by atoms with van der Waals surface area (Å²) in [5, 5.41) is 3.20. The summed E-state index contributed by atoms with van der Waals surface area (Å²) in [4.78, 5) is 39.3. The number of rotatable bonds is 8. The second-order valence-corrected chi connectivity index (χ2v) is 10.4. The van der Waals surface area contributed by atoms with Crippen LogP contribution in [0.25, 0.3) is 6.08 Å². The van der Waals surface area contributed by atoms with E-state index in [0.29, 0.717) is 32.7 Å². The summed E-state index contributed by atoms with van der Waals surface area (Å²) < 4.78 is 11.1. The largest absolute Gasteiger partial charge is 0.493 e. The van der Waals surface area contributed by atoms with Crippen molar-refractivity contribution in [2.45, 2.75) is 20.4 Å². The number of thioether (sulfide) groups is 1. The minimum atomic E-state index is -0.409. The molecule has 4 rings (SSSR count). The Balaban J connectivity index is 1.42. The number of benzene rings is 3. The first-order valence-electron chi connectivity index (χ1n) is 11.5. The molecule has 0 bridgehead atoms. The van der Waals surface area contributed by atoms with E-state index in [1.807, 2.05) is 32.0 Å². The lowest BCUT2D eigenvalue weighted by molar-refractivity contribution is -0.123. The van der Waals surface area contributed by atoms with Crippen LogP contribution in [0.5, 0.6) is 11.5 Å². The summed E-state index contributed by atoms with van der Waals surface area (Å²) in [5.41, 5.74) is 4.11. The summed E-state index contributed by atoms with van der Waals surface area (Å²) in [6.45, 7) is 3.78. The molecule has 0 spiro atoms. The average molecular weight is 571 g/mol. The van der Waals surface area contributed by atoms with Crippen LogP contribution in [0.3, 0.4) is 0 Å². The lowest BCUT2D eigenvalue weighted by Gasteiger charge is -2.13. The Morgan fingerprint density at radius 1 is 1.00 bits per heavy atom. The van der Waals surface area contributed by atoms with E-state index in [2.05, 4.69) is 5.32 Å². The molecule has 1 heterocycles. The SMILES string of the molecule is COc1cc(/C=C2\SC(=O)N(Cc3ccc(Cl)c(Cl)c3)C2=O)ccc1OCC(=O)Nc1ccc(C)cc1C. The fourth-order valence-electron chi connectivity index (χ4n) is 3.78. The van der Waals surface area contributed by atoms with Crippen molar-refractivity contribution < 1.29 is 23.9 Å². The standard InChI is InChI=1S/C28H24Cl2N2O5S/c1-16-4-8-22(17(2)10-16)31-26(33)15-37-23-9-6-18(12-24(23)36-3)13-25-27(34)32(28(35)38-25)14-19-5-7-20(29)21(30)11-19/h4-13H,14-15H2,1-3H3,(H,31,33)/b25-13-. The normalized spacial score (nSPS) is 14.2. The third kappa shape index (κ3) is 6.51. The van der Waals surface area contributed by atoms with E-state index in [0.717, 1.165) is 33.5 Å². The Labute approximate surface area is 234 Å². The highest BCUT2D eigenvalue weighted by Gasteiger charge is 2.35. The molecule has 1 aliphatic rings. The van der Waals surface area contributed by atoms with Crippen molar-refractivity contribution in [3.63, 3.8) is 0 Å². The van der Waals surface area contributed by atoms with Crippen LogP contribution in [0.15, 0.2) is 59.5 Å². The maximum atomic E-state index is 12.9. The van der Waals surface area contributed by atoms with Crippen molar-refractivity contribution in [2.24, 2.45) is 0 Å². The summed E-state index contributed by atoms with van der Waals surface area (Å²) in [5.74, 6) is 0.0356. The maximum absolute atomic E-state index is 12.9. The van der Waals surface area contributed by atoms with E-state index < -0.39 is 5.91 Å². The highest BCUT2D eigenvalue weighted by atomic mass is 35.5. The van der Waals surface area contributed by atoms with Gasteiger partial charge in [0.25, 0.3) is 17.1 Å². The zero-order valence-corrected chi connectivity index (χ0v) is 23.2. The van der Waals surface area contributed by atoms with Crippen LogP contribution < -0.4 is 14.8 Å². The molecule has 1 saturated heterocycles. The van der Waals surface area contributed by atoms with E-state index in [-0.39, 0.29) is 29.2 Å². The average Bonchev–Trinajstić information content (AvgIpc) is 3.14. The Hall–Kier alpha value is -3.46. The molecule has 0 radical (unpaired) electrons. The number of ether oxygens (including phenoxy) is 2. The molecule has 1 aliphatic heterocycles. The van der Waals surface area contributed by atoms with Gasteiger partial charge in [0.2, 0.25) is 0 Å². The first-order chi connectivity index (χ1) is 18.1. The molecule has 7 nitrogen and oxygen atoms in total. The number of aryl methyl sites for hydroxylation is 2. The number of hydrogen-bond acceptors (Lipinski definition) is 6. The number of carbonyl (C=O) groups excluding carboxylic acids is 3. The molecule has 3 amide bonds. The van der Waals surface area contributed by atoms with E-state index in [9.17, 15) is 14.4 Å². The first kappa shape index (κ1) is 27.6. The van der Waals surface area contributed by atoms with Crippen molar-refractivity contribution in [1.29, 1.82) is 0 Å². The van der Waals surface area contributed by atoms with Crippen LogP contribution in [0.4, 0.5) is 10.5 Å². The van der Waals surface area contributed by atoms with E-state index in [1.54, 1.807) is 42.5 Å². The van der Waals surface area contributed by atoms with Gasteiger partial charge in [-0.3, -0.25) is 19.3 Å². The Kier molecular flexibility index (Phi) is 8.66. The molecule has 0 unspecified atom stereocenters. The number of nitrogens with zero attached hydrogens (tertiary/aromatic N) is 1. The van der Waals surface area contributed by atoms with Gasteiger partial charge in [-0.2, -0.15) is 0 Å². The van der Waals surface area contributed by atoms with Gasteiger partial charge in [-0.05, 0) is 78.7 Å². The van der Waals surface area contributed by atoms with Crippen LogP contribution in [0, 0.1) is 13.8 Å². The third-order valence-corrected chi connectivity index (χ3v) is 7.34. The number of amides is 3. The van der Waals surface area contributed by atoms with Crippen molar-refractivity contribution >= 4 is 63.8 Å². The molecular weight excluding hydrogens is 547 g/mol. The van der Waals surface area contributed by atoms with Crippen molar-refractivity contribution in [3.05, 3.63) is 91.8 Å². The minimum absolute atomic E-state index is 0.0825. The number of methoxy groups -OCH3 is 1. The van der Waals surface area contributed by atoms with Crippen molar-refractivity contribution in [2.75, 3.05) is 19.0 Å². The van der Waals surface area contributed by atoms with E-state index in [1.165, 1.54) is 7.11 Å². The molecule has 0 saturated carbocycles. The van der Waals surface area contributed by atoms with Gasteiger partial charge in [0.1, 0.15) is 0 Å². The Morgan fingerprint density at radius 2 is 1.79 bits per heavy atom. The van der Waals surface area contributed by atoms with Crippen LogP contribution in [0.2, 0.25) is 10.0 Å². The third-order valence-electron chi connectivity index (χ3n) is 5.70. The van der Waals surface area contributed by atoms with Crippen LogP contribution >= 0.6 is 35.0 Å². The molecule has 1 fully saturated rings. The fourth-order valence-corrected chi connectivity index (χ4v) is 4.94. The van der Waals surface area contributed by atoms with Gasteiger partial charge < -0.3 is 14.8 Å². The maximum Gasteiger partial charge on any atom is 0.293 e. The molecule has 3 aromatic rings. The molecule has 10 heteroatoms. The predicted octanol–water partition coefficient (Wildman–Crippen LogP) is 6.87. The lowest BCUT2D eigenvalue weighted by Crippen LogP contribution is -2.27. The zero-order valence-electron chi connectivity index (χ0n) is 20.8. The molecule has 0 atom stereocenters. The van der Waals surface area contributed by atoms with Gasteiger partial charge >= 0.3 is 0 Å². The molecule has 3 aromatic carbocycles. The molecule has 196 valence electrons. The zero-order chi connectivity index (χ0) is 27.4. The number of carbonyl (C=O) groups is 3. The van der Waals surface area contributed by atoms with Crippen LogP contribution in [-0.4, -0.2) is 35.7 Å². The molecule has 1 N–H and O–H groups in total. The topological polar surface area (TPSA) is 84.9 Å². The Morgan fingerprint density at radius 3 is 2.50 bits per heavy atom. The van der Waals surface area contributed by atoms with Gasteiger partial charge in [-0.25, -0.2) is 0 Å². The quantitative estimate of drug-likeness (QED) is 0.297. The van der Waals surface area contributed by atoms with Crippen molar-refractivity contribution in [3.8, 4) is 11.5 Å². The number of halogens is 2. The smallest absolute Gasteiger partial charge is 0.293 e. The highest BCUT2D eigenvalue weighted by molar-refractivity contribution is 8.18. The lowest BCUT2D eigenvalue weighted by atomic mass is 10.1. The van der Waals surface area contributed by atoms with Crippen LogP contribution in [0.1, 0.15) is 22.3 Å². The predicted molar refractivity (Wildman–Crippen MR) is 151 cm³/mol. The first-order valence-corrected chi connectivity index (χ1v) is 13.1. The van der Waals surface area contributed by atoms with Gasteiger partial charge in [-0.15, -0.1) is 0 Å². The minimum Gasteiger partial charge on any atom is -0.493 e. The summed E-state index contributed by atoms with van der Waals surface area (Å²) in [6, 6.07) is 15.8. The monoisotopic (exact) mass is 570 g/mol. The van der Waals surface area contributed by atoms with Gasteiger partial charge in [0, 0.05) is 5.69 Å². The molecule has 0 aromatic heterocycles. The number of hydrogen-bond donors (Lipinski definition) is 1. The van der Waals surface area contributed by atoms with E-state index in [4.69, 9.17) is 32.7 Å². The van der Waals surface area contributed by atoms with Crippen molar-refractivity contribution in [1.82, 2.24) is 4.90 Å². The van der Waals surface area contributed by atoms with Gasteiger partial charge in [-0.1, -0.05) is 53.0 Å². The van der Waals surface area contributed by atoms with Gasteiger partial charge in [0.15, 0.2) is 18.1 Å². The second kappa shape index (κ2) is 11.9. The summed E-state index contributed by atoms with van der Waals surface area (Å²) in [7, 11) is 1.48. The van der Waals surface area contributed by atoms with E-state index >= 15 is 0 Å².